The Morgan fingerprint density at radius 1 is 1.20 bits per heavy atom. The van der Waals surface area contributed by atoms with Crippen molar-refractivity contribution in [1.82, 2.24) is 30.4 Å². The maximum atomic E-state index is 12.1. The zero-order chi connectivity index (χ0) is 17.2. The van der Waals surface area contributed by atoms with E-state index in [1.165, 1.54) is 0 Å². The minimum atomic E-state index is -0.354. The van der Waals surface area contributed by atoms with Gasteiger partial charge in [0.15, 0.2) is 11.2 Å². The lowest BCUT2D eigenvalue weighted by molar-refractivity contribution is 0.341. The van der Waals surface area contributed by atoms with Crippen LogP contribution in [0.5, 0.6) is 5.75 Å². The van der Waals surface area contributed by atoms with Crippen molar-refractivity contribution in [2.24, 2.45) is 0 Å². The van der Waals surface area contributed by atoms with Crippen LogP contribution in [-0.4, -0.2) is 37.0 Å². The van der Waals surface area contributed by atoms with Crippen molar-refractivity contribution >= 4 is 11.2 Å². The average Bonchev–Trinajstić information content (AvgIpc) is 3.12. The summed E-state index contributed by atoms with van der Waals surface area (Å²) in [6.07, 6.45) is 3.51. The fraction of sp³-hybridized carbons (Fsp3) is 0.118. The number of nitrogens with one attached hydrogen (secondary N) is 2. The summed E-state index contributed by atoms with van der Waals surface area (Å²) in [7, 11) is 0. The first-order valence-electron chi connectivity index (χ1n) is 7.75. The molecule has 3 aromatic heterocycles. The first-order valence-corrected chi connectivity index (χ1v) is 7.75. The van der Waals surface area contributed by atoms with Gasteiger partial charge in [-0.1, -0.05) is 17.3 Å². The zero-order valence-corrected chi connectivity index (χ0v) is 13.4. The Balaban J connectivity index is 1.86. The van der Waals surface area contributed by atoms with Gasteiger partial charge in [-0.05, 0) is 30.7 Å². The van der Waals surface area contributed by atoms with E-state index in [1.54, 1.807) is 12.4 Å². The molecule has 2 N–H and O–H groups in total. The lowest BCUT2D eigenvalue weighted by atomic mass is 10.0. The Morgan fingerprint density at radius 3 is 2.92 bits per heavy atom. The highest BCUT2D eigenvalue weighted by atomic mass is 16.5. The minimum absolute atomic E-state index is 0.175. The van der Waals surface area contributed by atoms with Gasteiger partial charge >= 0.3 is 0 Å². The number of aromatic nitrogens is 6. The molecule has 3 heterocycles. The molecule has 0 saturated carbocycles. The van der Waals surface area contributed by atoms with Crippen molar-refractivity contribution in [2.45, 2.75) is 6.92 Å². The molecule has 0 saturated heterocycles. The second-order valence-electron chi connectivity index (χ2n) is 5.31. The summed E-state index contributed by atoms with van der Waals surface area (Å²) in [6, 6.07) is 9.55. The van der Waals surface area contributed by atoms with Gasteiger partial charge in [0.2, 0.25) is 0 Å². The van der Waals surface area contributed by atoms with E-state index in [0.717, 1.165) is 11.1 Å². The maximum absolute atomic E-state index is 12.1. The molecule has 0 bridgehead atoms. The predicted octanol–water partition coefficient (Wildman–Crippen LogP) is 2.17. The van der Waals surface area contributed by atoms with E-state index in [4.69, 9.17) is 4.74 Å². The number of fused-ring (bicyclic) bond motifs is 1. The first-order chi connectivity index (χ1) is 12.3. The van der Waals surface area contributed by atoms with Crippen LogP contribution in [0.3, 0.4) is 0 Å². The molecule has 4 rings (SSSR count). The van der Waals surface area contributed by atoms with Crippen LogP contribution in [-0.2, 0) is 0 Å². The van der Waals surface area contributed by atoms with E-state index in [0.29, 0.717) is 29.4 Å². The molecule has 124 valence electrons. The van der Waals surface area contributed by atoms with E-state index >= 15 is 0 Å². The second-order valence-corrected chi connectivity index (χ2v) is 5.31. The third-order valence-corrected chi connectivity index (χ3v) is 3.73. The highest BCUT2D eigenvalue weighted by Crippen LogP contribution is 2.32. The lowest BCUT2D eigenvalue weighted by Crippen LogP contribution is -2.10. The topological polar surface area (TPSA) is 109 Å². The third-order valence-electron chi connectivity index (χ3n) is 3.73. The molecule has 0 amide bonds. The molecule has 8 heteroatoms. The van der Waals surface area contributed by atoms with Gasteiger partial charge in [0.05, 0.1) is 12.2 Å². The van der Waals surface area contributed by atoms with E-state index < -0.39 is 0 Å². The Kier molecular flexibility index (Phi) is 3.70. The number of hydrogen-bond donors (Lipinski definition) is 2. The smallest absolute Gasteiger partial charge is 0.281 e. The van der Waals surface area contributed by atoms with Gasteiger partial charge in [-0.25, -0.2) is 10.1 Å². The SMILES string of the molecule is CCOc1cc(-c2cccnc2)ccc1-c1nc2[nH]nnc2c(=O)[nH]1. The van der Waals surface area contributed by atoms with E-state index in [-0.39, 0.29) is 11.1 Å². The summed E-state index contributed by atoms with van der Waals surface area (Å²) in [6.45, 7) is 2.39. The number of H-pyrrole nitrogens is 2. The monoisotopic (exact) mass is 334 g/mol. The molecule has 25 heavy (non-hydrogen) atoms. The summed E-state index contributed by atoms with van der Waals surface area (Å²) >= 11 is 0. The third kappa shape index (κ3) is 2.74. The van der Waals surface area contributed by atoms with Gasteiger partial charge in [0, 0.05) is 18.0 Å². The fourth-order valence-electron chi connectivity index (χ4n) is 2.59. The molecule has 0 radical (unpaired) electrons. The summed E-state index contributed by atoms with van der Waals surface area (Å²) in [5.41, 5.74) is 2.78. The van der Waals surface area contributed by atoms with Crippen molar-refractivity contribution in [3.05, 3.63) is 53.1 Å². The standard InChI is InChI=1S/C17H14N6O2/c1-2-25-13-8-10(11-4-3-7-18-9-11)5-6-12(13)15-19-16-14(17(24)20-15)21-23-22-16/h3-9H,2H2,1H3,(H2,19,20,21,22,23,24). The molecule has 0 atom stereocenters. The number of ether oxygens (including phenoxy) is 1. The lowest BCUT2D eigenvalue weighted by Gasteiger charge is -2.12. The van der Waals surface area contributed by atoms with Crippen molar-refractivity contribution in [3.63, 3.8) is 0 Å². The molecular formula is C17H14N6O2. The first kappa shape index (κ1) is 15.0. The molecule has 8 nitrogen and oxygen atoms in total. The Labute approximate surface area is 141 Å². The van der Waals surface area contributed by atoms with Gasteiger partial charge < -0.3 is 9.72 Å². The van der Waals surface area contributed by atoms with Crippen molar-refractivity contribution < 1.29 is 4.74 Å². The number of rotatable bonds is 4. The Bertz CT molecular complexity index is 1090. The van der Waals surface area contributed by atoms with Crippen molar-refractivity contribution in [2.75, 3.05) is 6.61 Å². The number of hydrogen-bond acceptors (Lipinski definition) is 6. The van der Waals surface area contributed by atoms with Crippen LogP contribution >= 0.6 is 0 Å². The summed E-state index contributed by atoms with van der Waals surface area (Å²) in [5.74, 6) is 1.02. The maximum Gasteiger partial charge on any atom is 0.281 e. The van der Waals surface area contributed by atoms with Crippen LogP contribution in [0.2, 0.25) is 0 Å². The number of aromatic amines is 2. The van der Waals surface area contributed by atoms with E-state index in [9.17, 15) is 4.79 Å². The van der Waals surface area contributed by atoms with Gasteiger partial charge in [0.1, 0.15) is 11.6 Å². The van der Waals surface area contributed by atoms with Crippen LogP contribution < -0.4 is 10.3 Å². The molecule has 4 aromatic rings. The quantitative estimate of drug-likeness (QED) is 0.592. The van der Waals surface area contributed by atoms with Crippen molar-refractivity contribution in [1.29, 1.82) is 0 Å². The molecule has 1 aromatic carbocycles. The fourth-order valence-corrected chi connectivity index (χ4v) is 2.59. The summed E-state index contributed by atoms with van der Waals surface area (Å²) < 4.78 is 5.76. The molecule has 0 fully saturated rings. The van der Waals surface area contributed by atoms with Gasteiger partial charge in [0.25, 0.3) is 5.56 Å². The minimum Gasteiger partial charge on any atom is -0.493 e. The van der Waals surface area contributed by atoms with Gasteiger partial charge in [-0.3, -0.25) is 9.78 Å². The van der Waals surface area contributed by atoms with Crippen LogP contribution in [0.25, 0.3) is 33.7 Å². The van der Waals surface area contributed by atoms with Crippen LogP contribution in [0.4, 0.5) is 0 Å². The number of pyridine rings is 1. The highest BCUT2D eigenvalue weighted by molar-refractivity contribution is 5.76. The van der Waals surface area contributed by atoms with Crippen LogP contribution in [0.15, 0.2) is 47.5 Å². The number of nitrogens with zero attached hydrogens (tertiary/aromatic N) is 4. The van der Waals surface area contributed by atoms with Gasteiger partial charge in [-0.2, -0.15) is 0 Å². The Hall–Kier alpha value is -3.55. The second kappa shape index (κ2) is 6.16. The van der Waals surface area contributed by atoms with Crippen LogP contribution in [0.1, 0.15) is 6.92 Å². The molecule has 0 aliphatic carbocycles. The van der Waals surface area contributed by atoms with Crippen molar-refractivity contribution in [3.8, 4) is 28.3 Å². The molecule has 0 spiro atoms. The van der Waals surface area contributed by atoms with E-state index in [2.05, 4.69) is 30.4 Å². The van der Waals surface area contributed by atoms with Crippen LogP contribution in [0, 0.1) is 0 Å². The summed E-state index contributed by atoms with van der Waals surface area (Å²) in [5, 5.41) is 9.95. The zero-order valence-electron chi connectivity index (χ0n) is 13.4. The molecular weight excluding hydrogens is 320 g/mol. The molecule has 0 unspecified atom stereocenters. The Morgan fingerprint density at radius 2 is 2.12 bits per heavy atom. The predicted molar refractivity (Wildman–Crippen MR) is 92.1 cm³/mol. The highest BCUT2D eigenvalue weighted by Gasteiger charge is 2.14. The van der Waals surface area contributed by atoms with E-state index in [1.807, 2.05) is 37.3 Å². The number of benzene rings is 1. The molecule has 0 aliphatic heterocycles. The average molecular weight is 334 g/mol. The summed E-state index contributed by atoms with van der Waals surface area (Å²) in [4.78, 5) is 23.4. The van der Waals surface area contributed by atoms with Gasteiger partial charge in [-0.15, -0.1) is 5.10 Å². The normalized spacial score (nSPS) is 10.9. The largest absolute Gasteiger partial charge is 0.493 e. The molecule has 0 aliphatic rings.